The van der Waals surface area contributed by atoms with Gasteiger partial charge in [0.15, 0.2) is 0 Å². The Bertz CT molecular complexity index is 452. The average molecular weight is 296 g/mol. The van der Waals surface area contributed by atoms with Gasteiger partial charge in [-0.3, -0.25) is 15.1 Å². The molecule has 0 aromatic carbocycles. The van der Waals surface area contributed by atoms with Gasteiger partial charge in [-0.15, -0.1) is 11.3 Å². The lowest BCUT2D eigenvalue weighted by molar-refractivity contribution is 0.0957. The van der Waals surface area contributed by atoms with Crippen molar-refractivity contribution in [2.24, 2.45) is 5.84 Å². The zero-order chi connectivity index (χ0) is 14.5. The number of piperazine rings is 1. The van der Waals surface area contributed by atoms with Gasteiger partial charge >= 0.3 is 0 Å². The number of hydrogen-bond acceptors (Lipinski definition) is 5. The number of nitrogens with zero attached hydrogens (tertiary/aromatic N) is 2. The highest BCUT2D eigenvalue weighted by Crippen LogP contribution is 2.23. The van der Waals surface area contributed by atoms with E-state index in [0.717, 1.165) is 32.7 Å². The summed E-state index contributed by atoms with van der Waals surface area (Å²) >= 11 is 1.52. The van der Waals surface area contributed by atoms with E-state index < -0.39 is 0 Å². The van der Waals surface area contributed by atoms with Crippen molar-refractivity contribution in [2.75, 3.05) is 32.7 Å². The summed E-state index contributed by atoms with van der Waals surface area (Å²) in [7, 11) is 0. The Balaban J connectivity index is 1.91. The van der Waals surface area contributed by atoms with E-state index in [-0.39, 0.29) is 5.91 Å². The number of hydrogen-bond donors (Lipinski definition) is 2. The Kier molecular flexibility index (Phi) is 5.54. The quantitative estimate of drug-likeness (QED) is 0.487. The van der Waals surface area contributed by atoms with Gasteiger partial charge in [0, 0.05) is 37.6 Å². The molecule has 1 amide bonds. The van der Waals surface area contributed by atoms with E-state index in [1.807, 2.05) is 6.07 Å². The van der Waals surface area contributed by atoms with Crippen LogP contribution in [0.15, 0.2) is 6.07 Å². The average Bonchev–Trinajstić information content (AvgIpc) is 2.82. The summed E-state index contributed by atoms with van der Waals surface area (Å²) in [5, 5.41) is 0. The molecular weight excluding hydrogens is 272 g/mol. The maximum atomic E-state index is 11.5. The predicted molar refractivity (Wildman–Crippen MR) is 82.7 cm³/mol. The van der Waals surface area contributed by atoms with Gasteiger partial charge in [0.1, 0.15) is 0 Å². The van der Waals surface area contributed by atoms with Crippen molar-refractivity contribution in [3.05, 3.63) is 21.4 Å². The van der Waals surface area contributed by atoms with Crippen molar-refractivity contribution in [3.63, 3.8) is 0 Å². The number of rotatable bonds is 5. The molecule has 0 unspecified atom stereocenters. The van der Waals surface area contributed by atoms with E-state index in [0.29, 0.717) is 4.88 Å². The van der Waals surface area contributed by atoms with Crippen LogP contribution in [0.1, 0.15) is 33.5 Å². The molecule has 1 aliphatic rings. The Morgan fingerprint density at radius 1 is 1.35 bits per heavy atom. The molecule has 0 radical (unpaired) electrons. The van der Waals surface area contributed by atoms with E-state index in [9.17, 15) is 4.79 Å². The smallest absolute Gasteiger partial charge is 0.275 e. The molecule has 20 heavy (non-hydrogen) atoms. The first-order valence-corrected chi connectivity index (χ1v) is 8.00. The summed E-state index contributed by atoms with van der Waals surface area (Å²) < 4.78 is 0. The van der Waals surface area contributed by atoms with E-state index in [1.54, 1.807) is 0 Å². The van der Waals surface area contributed by atoms with Crippen molar-refractivity contribution < 1.29 is 4.79 Å². The molecule has 1 fully saturated rings. The molecule has 1 aromatic heterocycles. The van der Waals surface area contributed by atoms with Gasteiger partial charge in [-0.05, 0) is 31.5 Å². The Hall–Kier alpha value is -0.950. The number of thiophene rings is 1. The molecule has 0 bridgehead atoms. The third-order valence-electron chi connectivity index (χ3n) is 3.77. The normalized spacial score (nSPS) is 17.4. The highest BCUT2D eigenvalue weighted by Gasteiger charge is 2.18. The highest BCUT2D eigenvalue weighted by atomic mass is 32.1. The largest absolute Gasteiger partial charge is 0.301 e. The Morgan fingerprint density at radius 2 is 2.00 bits per heavy atom. The maximum absolute atomic E-state index is 11.5. The van der Waals surface area contributed by atoms with Crippen molar-refractivity contribution in [1.82, 2.24) is 15.2 Å². The minimum atomic E-state index is -0.197. The summed E-state index contributed by atoms with van der Waals surface area (Å²) in [6.45, 7) is 10.9. The van der Waals surface area contributed by atoms with Crippen LogP contribution in [0.5, 0.6) is 0 Å². The summed E-state index contributed by atoms with van der Waals surface area (Å²) in [5.41, 5.74) is 3.44. The van der Waals surface area contributed by atoms with Gasteiger partial charge in [0.25, 0.3) is 5.91 Å². The number of amides is 1. The first-order valence-electron chi connectivity index (χ1n) is 7.19. The summed E-state index contributed by atoms with van der Waals surface area (Å²) in [4.78, 5) is 18.4. The molecule has 5 nitrogen and oxygen atoms in total. The zero-order valence-electron chi connectivity index (χ0n) is 12.3. The van der Waals surface area contributed by atoms with Crippen LogP contribution < -0.4 is 11.3 Å². The van der Waals surface area contributed by atoms with Crippen LogP contribution in [-0.4, -0.2) is 48.4 Å². The molecule has 0 saturated carbocycles. The van der Waals surface area contributed by atoms with Crippen molar-refractivity contribution in [3.8, 4) is 0 Å². The highest BCUT2D eigenvalue weighted by molar-refractivity contribution is 7.14. The van der Waals surface area contributed by atoms with E-state index in [2.05, 4.69) is 29.1 Å². The first-order chi connectivity index (χ1) is 9.63. The van der Waals surface area contributed by atoms with Gasteiger partial charge in [0.05, 0.1) is 4.88 Å². The number of nitrogens with one attached hydrogen (secondary N) is 1. The number of nitrogen functional groups attached to an aromatic ring is 1. The Morgan fingerprint density at radius 3 is 2.60 bits per heavy atom. The third-order valence-corrected chi connectivity index (χ3v) is 4.87. The topological polar surface area (TPSA) is 61.6 Å². The minimum Gasteiger partial charge on any atom is -0.301 e. The number of hydrazine groups is 1. The van der Waals surface area contributed by atoms with Crippen LogP contribution in [-0.2, 0) is 6.54 Å². The third kappa shape index (κ3) is 3.79. The van der Waals surface area contributed by atoms with Crippen LogP contribution in [0, 0.1) is 6.92 Å². The fraction of sp³-hybridized carbons (Fsp3) is 0.643. The second-order valence-electron chi connectivity index (χ2n) is 5.28. The van der Waals surface area contributed by atoms with Crippen LogP contribution in [0.25, 0.3) is 0 Å². The second-order valence-corrected chi connectivity index (χ2v) is 6.54. The Labute approximate surface area is 124 Å². The molecule has 1 aliphatic heterocycles. The zero-order valence-corrected chi connectivity index (χ0v) is 13.1. The summed E-state index contributed by atoms with van der Waals surface area (Å²) in [5.74, 6) is 4.99. The minimum absolute atomic E-state index is 0.197. The lowest BCUT2D eigenvalue weighted by Gasteiger charge is -2.34. The van der Waals surface area contributed by atoms with E-state index in [4.69, 9.17) is 5.84 Å². The monoisotopic (exact) mass is 296 g/mol. The number of nitrogens with two attached hydrogens (primary N) is 1. The van der Waals surface area contributed by atoms with Gasteiger partial charge < -0.3 is 4.90 Å². The van der Waals surface area contributed by atoms with E-state index >= 15 is 0 Å². The van der Waals surface area contributed by atoms with Gasteiger partial charge in [-0.1, -0.05) is 6.92 Å². The van der Waals surface area contributed by atoms with Gasteiger partial charge in [-0.25, -0.2) is 5.84 Å². The van der Waals surface area contributed by atoms with E-state index in [1.165, 1.54) is 34.7 Å². The number of aryl methyl sites for hydroxylation is 1. The fourth-order valence-electron chi connectivity index (χ4n) is 2.59. The lowest BCUT2D eigenvalue weighted by atomic mass is 10.2. The first kappa shape index (κ1) is 15.4. The predicted octanol–water partition coefficient (Wildman–Crippen LogP) is 1.19. The molecule has 1 aromatic rings. The standard InChI is InChI=1S/C14H24N4OS/c1-3-4-17-5-7-18(8-6-17)10-12-9-13(14(19)16-15)20-11(12)2/h9H,3-8,10,15H2,1-2H3,(H,16,19). The van der Waals surface area contributed by atoms with Crippen LogP contribution in [0.3, 0.4) is 0 Å². The molecule has 112 valence electrons. The van der Waals surface area contributed by atoms with Crippen LogP contribution in [0.2, 0.25) is 0 Å². The maximum Gasteiger partial charge on any atom is 0.275 e. The molecule has 0 atom stereocenters. The van der Waals surface area contributed by atoms with Crippen LogP contribution in [0.4, 0.5) is 0 Å². The molecule has 3 N–H and O–H groups in total. The van der Waals surface area contributed by atoms with Crippen molar-refractivity contribution in [2.45, 2.75) is 26.8 Å². The molecule has 2 rings (SSSR count). The molecular formula is C14H24N4OS. The van der Waals surface area contributed by atoms with Crippen molar-refractivity contribution >= 4 is 17.2 Å². The number of carbonyl (C=O) groups excluding carboxylic acids is 1. The van der Waals surface area contributed by atoms with Gasteiger partial charge in [0.2, 0.25) is 0 Å². The lowest BCUT2D eigenvalue weighted by Crippen LogP contribution is -2.46. The molecule has 6 heteroatoms. The summed E-state index contributed by atoms with van der Waals surface area (Å²) in [6.07, 6.45) is 1.22. The van der Waals surface area contributed by atoms with Crippen LogP contribution >= 0.6 is 11.3 Å². The molecule has 1 saturated heterocycles. The SMILES string of the molecule is CCCN1CCN(Cc2cc(C(=O)NN)sc2C)CC1. The molecule has 0 spiro atoms. The molecule has 0 aliphatic carbocycles. The van der Waals surface area contributed by atoms with Gasteiger partial charge in [-0.2, -0.15) is 0 Å². The molecule has 2 heterocycles. The second kappa shape index (κ2) is 7.17. The number of carbonyl (C=O) groups is 1. The van der Waals surface area contributed by atoms with Crippen molar-refractivity contribution in [1.29, 1.82) is 0 Å². The fourth-order valence-corrected chi connectivity index (χ4v) is 3.53. The summed E-state index contributed by atoms with van der Waals surface area (Å²) in [6, 6.07) is 1.97.